The van der Waals surface area contributed by atoms with Crippen LogP contribution in [0.25, 0.3) is 0 Å². The fraction of sp³-hybridized carbons (Fsp3) is 0.364. The smallest absolute Gasteiger partial charge is 0.306 e. The van der Waals surface area contributed by atoms with E-state index in [1.54, 1.807) is 19.1 Å². The maximum absolute atomic E-state index is 12.3. The molecule has 0 radical (unpaired) electrons. The van der Waals surface area contributed by atoms with Crippen molar-refractivity contribution < 1.29 is 14.3 Å². The molecule has 1 saturated carbocycles. The maximum Gasteiger partial charge on any atom is 0.306 e. The summed E-state index contributed by atoms with van der Waals surface area (Å²) in [5.41, 5.74) is 0.701. The van der Waals surface area contributed by atoms with Gasteiger partial charge in [0.25, 0.3) is 0 Å². The Bertz CT molecular complexity index is 298. The van der Waals surface area contributed by atoms with Crippen LogP contribution in [0, 0.1) is 18.7 Å². The summed E-state index contributed by atoms with van der Waals surface area (Å²) >= 11 is 0. The Morgan fingerprint density at radius 2 is 2.00 bits per heavy atom. The van der Waals surface area contributed by atoms with Gasteiger partial charge in [-0.25, -0.2) is 4.39 Å². The Kier molecular flexibility index (Phi) is 3.63. The Hall–Kier alpha value is -1.38. The van der Waals surface area contributed by atoms with Crippen molar-refractivity contribution in [3.8, 4) is 0 Å². The second kappa shape index (κ2) is 4.74. The van der Waals surface area contributed by atoms with E-state index in [4.69, 9.17) is 5.11 Å². The maximum atomic E-state index is 12.3. The molecular weight excluding hydrogens is 183 g/mol. The third-order valence-corrected chi connectivity index (χ3v) is 2.00. The Labute approximate surface area is 82.4 Å². The highest BCUT2D eigenvalue weighted by atomic mass is 19.1. The fourth-order valence-corrected chi connectivity index (χ4v) is 0.881. The van der Waals surface area contributed by atoms with E-state index in [1.165, 1.54) is 6.07 Å². The zero-order valence-electron chi connectivity index (χ0n) is 8.03. The third kappa shape index (κ3) is 3.56. The van der Waals surface area contributed by atoms with Crippen LogP contribution in [0.5, 0.6) is 0 Å². The average molecular weight is 196 g/mol. The Balaban J connectivity index is 0.000000146. The molecule has 2 rings (SSSR count). The molecule has 0 atom stereocenters. The molecule has 0 saturated heterocycles. The van der Waals surface area contributed by atoms with Gasteiger partial charge in [0.15, 0.2) is 0 Å². The quantitative estimate of drug-likeness (QED) is 0.749. The average Bonchev–Trinajstić information content (AvgIpc) is 2.94. The number of hydrogen-bond donors (Lipinski definition) is 1. The van der Waals surface area contributed by atoms with Gasteiger partial charge in [-0.05, 0) is 31.4 Å². The summed E-state index contributed by atoms with van der Waals surface area (Å²) in [5, 5.41) is 8.05. The number of aryl methyl sites for hydroxylation is 1. The van der Waals surface area contributed by atoms with Crippen molar-refractivity contribution >= 4 is 5.97 Å². The molecule has 1 aromatic carbocycles. The molecule has 76 valence electrons. The molecule has 1 fully saturated rings. The van der Waals surface area contributed by atoms with Crippen LogP contribution in [0.2, 0.25) is 0 Å². The normalized spacial score (nSPS) is 14.1. The van der Waals surface area contributed by atoms with Gasteiger partial charge in [0.05, 0.1) is 5.92 Å². The van der Waals surface area contributed by atoms with Gasteiger partial charge in [-0.2, -0.15) is 0 Å². The molecular formula is C11H13FO2. The van der Waals surface area contributed by atoms with Crippen LogP contribution in [0.15, 0.2) is 24.3 Å². The largest absolute Gasteiger partial charge is 0.481 e. The number of carbonyl (C=O) groups is 1. The lowest BCUT2D eigenvalue weighted by atomic mass is 10.2. The van der Waals surface area contributed by atoms with Crippen LogP contribution in [0.1, 0.15) is 18.4 Å². The number of carboxylic acids is 1. The standard InChI is InChI=1S/C7H7F.C4H6O2/c1-6-4-2-3-5-7(6)8;5-4(6)3-1-2-3/h2-5H,1H3;3H,1-2H2,(H,5,6). The van der Waals surface area contributed by atoms with Gasteiger partial charge in [-0.15, -0.1) is 0 Å². The minimum atomic E-state index is -0.630. The second-order valence-electron chi connectivity index (χ2n) is 3.36. The van der Waals surface area contributed by atoms with Gasteiger partial charge < -0.3 is 5.11 Å². The zero-order valence-corrected chi connectivity index (χ0v) is 8.03. The van der Waals surface area contributed by atoms with Gasteiger partial charge in [0, 0.05) is 0 Å². The molecule has 0 bridgehead atoms. The van der Waals surface area contributed by atoms with E-state index in [1.807, 2.05) is 6.07 Å². The molecule has 1 aromatic rings. The summed E-state index contributed by atoms with van der Waals surface area (Å²) in [7, 11) is 0. The summed E-state index contributed by atoms with van der Waals surface area (Å²) < 4.78 is 12.3. The third-order valence-electron chi connectivity index (χ3n) is 2.00. The first kappa shape index (κ1) is 10.7. The van der Waals surface area contributed by atoms with Gasteiger partial charge in [-0.3, -0.25) is 4.79 Å². The van der Waals surface area contributed by atoms with Crippen molar-refractivity contribution in [3.05, 3.63) is 35.6 Å². The summed E-state index contributed by atoms with van der Waals surface area (Å²) in [5.74, 6) is -0.743. The van der Waals surface area contributed by atoms with Crippen molar-refractivity contribution in [2.75, 3.05) is 0 Å². The molecule has 3 heteroatoms. The zero-order chi connectivity index (χ0) is 10.6. The van der Waals surface area contributed by atoms with E-state index < -0.39 is 5.97 Å². The van der Waals surface area contributed by atoms with E-state index >= 15 is 0 Å². The molecule has 14 heavy (non-hydrogen) atoms. The summed E-state index contributed by atoms with van der Waals surface area (Å²) in [6.45, 7) is 1.75. The predicted octanol–water partition coefficient (Wildman–Crippen LogP) is 2.62. The first-order valence-electron chi connectivity index (χ1n) is 4.55. The number of carboxylic acid groups (broad SMARTS) is 1. The van der Waals surface area contributed by atoms with Crippen molar-refractivity contribution in [1.82, 2.24) is 0 Å². The molecule has 2 nitrogen and oxygen atoms in total. The fourth-order valence-electron chi connectivity index (χ4n) is 0.881. The highest BCUT2D eigenvalue weighted by Gasteiger charge is 2.28. The molecule has 0 amide bonds. The number of hydrogen-bond acceptors (Lipinski definition) is 1. The highest BCUT2D eigenvalue weighted by Crippen LogP contribution is 2.28. The lowest BCUT2D eigenvalue weighted by Crippen LogP contribution is -1.94. The molecule has 1 aliphatic carbocycles. The minimum Gasteiger partial charge on any atom is -0.481 e. The predicted molar refractivity (Wildman–Crippen MR) is 51.5 cm³/mol. The number of halogens is 1. The molecule has 1 aliphatic rings. The summed E-state index contributed by atoms with van der Waals surface area (Å²) in [6, 6.07) is 6.70. The highest BCUT2D eigenvalue weighted by molar-refractivity contribution is 5.72. The SMILES string of the molecule is Cc1ccccc1F.O=C(O)C1CC1. The minimum absolute atomic E-state index is 0.0185. The second-order valence-corrected chi connectivity index (χ2v) is 3.36. The monoisotopic (exact) mass is 196 g/mol. The Morgan fingerprint density at radius 1 is 1.43 bits per heavy atom. The van der Waals surface area contributed by atoms with E-state index in [0.29, 0.717) is 5.56 Å². The summed E-state index contributed by atoms with van der Waals surface area (Å²) in [6.07, 6.45) is 1.80. The molecule has 0 spiro atoms. The number of benzene rings is 1. The molecule has 0 unspecified atom stereocenters. The topological polar surface area (TPSA) is 37.3 Å². The van der Waals surface area contributed by atoms with Crippen LogP contribution in [-0.4, -0.2) is 11.1 Å². The van der Waals surface area contributed by atoms with Crippen molar-refractivity contribution in [3.63, 3.8) is 0 Å². The van der Waals surface area contributed by atoms with Gasteiger partial charge in [0.1, 0.15) is 5.82 Å². The van der Waals surface area contributed by atoms with Crippen molar-refractivity contribution in [2.45, 2.75) is 19.8 Å². The van der Waals surface area contributed by atoms with Crippen molar-refractivity contribution in [1.29, 1.82) is 0 Å². The van der Waals surface area contributed by atoms with Crippen LogP contribution < -0.4 is 0 Å². The first-order valence-corrected chi connectivity index (χ1v) is 4.55. The van der Waals surface area contributed by atoms with Crippen molar-refractivity contribution in [2.24, 2.45) is 5.92 Å². The van der Waals surface area contributed by atoms with Gasteiger partial charge in [-0.1, -0.05) is 18.2 Å². The number of aliphatic carboxylic acids is 1. The van der Waals surface area contributed by atoms with Crippen LogP contribution >= 0.6 is 0 Å². The van der Waals surface area contributed by atoms with Crippen LogP contribution in [-0.2, 0) is 4.79 Å². The Morgan fingerprint density at radius 3 is 2.21 bits per heavy atom. The number of rotatable bonds is 1. The molecule has 0 aromatic heterocycles. The summed E-state index contributed by atoms with van der Waals surface area (Å²) in [4.78, 5) is 9.76. The van der Waals surface area contributed by atoms with Crippen LogP contribution in [0.3, 0.4) is 0 Å². The van der Waals surface area contributed by atoms with E-state index in [-0.39, 0.29) is 11.7 Å². The van der Waals surface area contributed by atoms with E-state index in [2.05, 4.69) is 0 Å². The van der Waals surface area contributed by atoms with Crippen LogP contribution in [0.4, 0.5) is 4.39 Å². The van der Waals surface area contributed by atoms with E-state index in [9.17, 15) is 9.18 Å². The molecule has 0 heterocycles. The van der Waals surface area contributed by atoms with E-state index in [0.717, 1.165) is 12.8 Å². The lowest BCUT2D eigenvalue weighted by Gasteiger charge is -1.89. The van der Waals surface area contributed by atoms with Gasteiger partial charge >= 0.3 is 5.97 Å². The van der Waals surface area contributed by atoms with Gasteiger partial charge in [0.2, 0.25) is 0 Å². The first-order chi connectivity index (χ1) is 6.61. The lowest BCUT2D eigenvalue weighted by molar-refractivity contribution is -0.138. The molecule has 0 aliphatic heterocycles. The molecule has 1 N–H and O–H groups in total.